The van der Waals surface area contributed by atoms with Crippen LogP contribution in [0.2, 0.25) is 0 Å². The highest BCUT2D eigenvalue weighted by molar-refractivity contribution is 5.88. The molecule has 2 aliphatic rings. The van der Waals surface area contributed by atoms with E-state index in [-0.39, 0.29) is 18.7 Å². The number of hydrogen-bond donors (Lipinski definition) is 1. The van der Waals surface area contributed by atoms with Crippen molar-refractivity contribution >= 4 is 29.5 Å². The van der Waals surface area contributed by atoms with Gasteiger partial charge in [0.15, 0.2) is 5.65 Å². The lowest BCUT2D eigenvalue weighted by atomic mass is 10.1. The molecule has 46 heavy (non-hydrogen) atoms. The molecule has 1 aliphatic heterocycles. The number of rotatable bonds is 7. The molecule has 1 aromatic carbocycles. The molecule has 1 aliphatic carbocycles. The number of likely N-dealkylation sites (tertiary alicyclic amines) is 1. The second-order valence-electron chi connectivity index (χ2n) is 14.1. The topological polar surface area (TPSA) is 114 Å². The van der Waals surface area contributed by atoms with Crippen LogP contribution in [0.5, 0.6) is 0 Å². The highest BCUT2D eigenvalue weighted by Gasteiger charge is 2.33. The summed E-state index contributed by atoms with van der Waals surface area (Å²) in [5.74, 6) is 1.56. The summed E-state index contributed by atoms with van der Waals surface area (Å²) in [7, 11) is 0. The van der Waals surface area contributed by atoms with Crippen molar-refractivity contribution in [1.29, 1.82) is 0 Å². The van der Waals surface area contributed by atoms with Gasteiger partial charge in [-0.25, -0.2) is 14.6 Å². The number of carbonyl (C=O) groups is 2. The highest BCUT2D eigenvalue weighted by atomic mass is 16.6. The second-order valence-corrected chi connectivity index (χ2v) is 14.1. The zero-order valence-electron chi connectivity index (χ0n) is 27.5. The molecule has 1 saturated heterocycles. The van der Waals surface area contributed by atoms with Crippen LogP contribution in [-0.2, 0) is 16.0 Å². The third-order valence-electron chi connectivity index (χ3n) is 7.84. The van der Waals surface area contributed by atoms with Crippen molar-refractivity contribution in [1.82, 2.24) is 24.5 Å². The van der Waals surface area contributed by atoms with Gasteiger partial charge in [0.05, 0.1) is 18.4 Å². The van der Waals surface area contributed by atoms with E-state index in [2.05, 4.69) is 10.3 Å². The van der Waals surface area contributed by atoms with Crippen molar-refractivity contribution in [2.45, 2.75) is 90.5 Å². The average Bonchev–Trinajstić information content (AvgIpc) is 3.56. The van der Waals surface area contributed by atoms with Gasteiger partial charge in [0.1, 0.15) is 22.8 Å². The summed E-state index contributed by atoms with van der Waals surface area (Å²) in [5, 5.41) is 8.26. The van der Waals surface area contributed by atoms with E-state index in [1.54, 1.807) is 20.5 Å². The van der Waals surface area contributed by atoms with Gasteiger partial charge in [0.2, 0.25) is 0 Å². The SMILES string of the molecule is CC(C)(C)OC(=O)N1CC[C@@H](Nc2cc(N(Cc3ccc(-c4ccccn4)cc3)C(=O)OC(C)(C)C)n3ncc(C4CC4)c3n2)C1. The van der Waals surface area contributed by atoms with E-state index in [0.29, 0.717) is 36.3 Å². The van der Waals surface area contributed by atoms with Gasteiger partial charge in [-0.1, -0.05) is 30.3 Å². The van der Waals surface area contributed by atoms with Crippen LogP contribution in [-0.4, -0.2) is 67.0 Å². The number of ether oxygens (including phenoxy) is 2. The largest absolute Gasteiger partial charge is 0.444 e. The van der Waals surface area contributed by atoms with Crippen LogP contribution in [0.15, 0.2) is 60.9 Å². The third-order valence-corrected chi connectivity index (χ3v) is 7.84. The minimum absolute atomic E-state index is 0.0308. The summed E-state index contributed by atoms with van der Waals surface area (Å²) in [4.78, 5) is 39.4. The van der Waals surface area contributed by atoms with E-state index in [0.717, 1.165) is 41.6 Å². The molecule has 0 unspecified atom stereocenters. The minimum Gasteiger partial charge on any atom is -0.444 e. The van der Waals surface area contributed by atoms with Crippen molar-refractivity contribution in [2.75, 3.05) is 23.3 Å². The second kappa shape index (κ2) is 12.3. The molecule has 3 aromatic heterocycles. The molecule has 11 heteroatoms. The van der Waals surface area contributed by atoms with E-state index < -0.39 is 17.3 Å². The molecule has 1 saturated carbocycles. The lowest BCUT2D eigenvalue weighted by Crippen LogP contribution is -2.38. The third kappa shape index (κ3) is 7.41. The Morgan fingerprint density at radius 2 is 1.72 bits per heavy atom. The number of fused-ring (bicyclic) bond motifs is 1. The fourth-order valence-electron chi connectivity index (χ4n) is 5.55. The molecule has 0 radical (unpaired) electrons. The number of benzene rings is 1. The lowest BCUT2D eigenvalue weighted by molar-refractivity contribution is 0.0293. The molecular formula is C35H43N7O4. The maximum absolute atomic E-state index is 13.9. The molecule has 2 amide bonds. The summed E-state index contributed by atoms with van der Waals surface area (Å²) in [6, 6.07) is 15.7. The number of nitrogens with one attached hydrogen (secondary N) is 1. The van der Waals surface area contributed by atoms with Crippen LogP contribution < -0.4 is 10.2 Å². The molecule has 242 valence electrons. The number of pyridine rings is 1. The van der Waals surface area contributed by atoms with Crippen molar-refractivity contribution < 1.29 is 19.1 Å². The van der Waals surface area contributed by atoms with Crippen molar-refractivity contribution in [3.63, 3.8) is 0 Å². The first kappa shape index (κ1) is 31.3. The zero-order valence-corrected chi connectivity index (χ0v) is 27.5. The Morgan fingerprint density at radius 3 is 2.37 bits per heavy atom. The number of aromatic nitrogens is 4. The number of amides is 2. The van der Waals surface area contributed by atoms with Gasteiger partial charge < -0.3 is 19.7 Å². The fraction of sp³-hybridized carbons (Fsp3) is 0.457. The van der Waals surface area contributed by atoms with Gasteiger partial charge in [-0.2, -0.15) is 9.61 Å². The molecule has 1 atom stereocenters. The first-order chi connectivity index (χ1) is 21.8. The van der Waals surface area contributed by atoms with E-state index in [9.17, 15) is 9.59 Å². The van der Waals surface area contributed by atoms with Gasteiger partial charge in [0.25, 0.3) is 0 Å². The molecule has 2 fully saturated rings. The summed E-state index contributed by atoms with van der Waals surface area (Å²) in [6.07, 6.45) is 5.74. The monoisotopic (exact) mass is 625 g/mol. The number of anilines is 2. The van der Waals surface area contributed by atoms with Gasteiger partial charge in [-0.3, -0.25) is 9.88 Å². The summed E-state index contributed by atoms with van der Waals surface area (Å²) in [5.41, 5.74) is 3.30. The van der Waals surface area contributed by atoms with Crippen LogP contribution >= 0.6 is 0 Å². The van der Waals surface area contributed by atoms with Gasteiger partial charge in [-0.15, -0.1) is 0 Å². The summed E-state index contributed by atoms with van der Waals surface area (Å²) in [6.45, 7) is 12.5. The maximum Gasteiger partial charge on any atom is 0.416 e. The molecule has 0 bridgehead atoms. The quantitative estimate of drug-likeness (QED) is 0.233. The molecular weight excluding hydrogens is 582 g/mol. The smallest absolute Gasteiger partial charge is 0.416 e. The van der Waals surface area contributed by atoms with E-state index in [4.69, 9.17) is 19.6 Å². The molecule has 4 heterocycles. The van der Waals surface area contributed by atoms with E-state index in [1.165, 1.54) is 0 Å². The Kier molecular flexibility index (Phi) is 8.35. The first-order valence-corrected chi connectivity index (χ1v) is 16.0. The predicted octanol–water partition coefficient (Wildman–Crippen LogP) is 7.03. The first-order valence-electron chi connectivity index (χ1n) is 16.0. The predicted molar refractivity (Wildman–Crippen MR) is 177 cm³/mol. The molecule has 1 N–H and O–H groups in total. The van der Waals surface area contributed by atoms with Crippen LogP contribution in [0.1, 0.15) is 77.8 Å². The Balaban J connectivity index is 1.33. The van der Waals surface area contributed by atoms with Crippen LogP contribution in [0, 0.1) is 0 Å². The Hall–Kier alpha value is -4.67. The molecule has 0 spiro atoms. The molecule has 11 nitrogen and oxygen atoms in total. The van der Waals surface area contributed by atoms with E-state index in [1.807, 2.05) is 96.3 Å². The maximum atomic E-state index is 13.9. The zero-order chi connectivity index (χ0) is 32.6. The van der Waals surface area contributed by atoms with Crippen molar-refractivity contribution in [3.05, 3.63) is 72.1 Å². The standard InChI is InChI=1S/C35H43N7O4/c1-34(2,3)45-32(43)40-18-16-26(22-40)38-29-19-30(42-31(39-29)27(20-37-42)24-14-15-24)41(33(44)46-35(4,5)6)21-23-10-12-25(13-11-23)28-9-7-8-17-36-28/h7-13,17,19-20,24,26H,14-16,18,21-22H2,1-6H3,(H,38,39)/t26-/m1/s1. The Bertz CT molecular complexity index is 1700. The Labute approximate surface area is 269 Å². The van der Waals surface area contributed by atoms with Crippen molar-refractivity contribution in [3.8, 4) is 11.3 Å². The van der Waals surface area contributed by atoms with Gasteiger partial charge in [-0.05, 0) is 84.4 Å². The number of carbonyl (C=O) groups excluding carboxylic acids is 2. The molecule has 6 rings (SSSR count). The Morgan fingerprint density at radius 1 is 0.978 bits per heavy atom. The summed E-state index contributed by atoms with van der Waals surface area (Å²) >= 11 is 0. The number of nitrogens with zero attached hydrogens (tertiary/aromatic N) is 6. The van der Waals surface area contributed by atoms with Crippen LogP contribution in [0.4, 0.5) is 21.2 Å². The van der Waals surface area contributed by atoms with Gasteiger partial charge in [0, 0.05) is 42.5 Å². The summed E-state index contributed by atoms with van der Waals surface area (Å²) < 4.78 is 13.3. The minimum atomic E-state index is -0.705. The number of hydrogen-bond acceptors (Lipinski definition) is 8. The average molecular weight is 626 g/mol. The van der Waals surface area contributed by atoms with Gasteiger partial charge >= 0.3 is 12.2 Å². The molecule has 4 aromatic rings. The van der Waals surface area contributed by atoms with Crippen LogP contribution in [0.3, 0.4) is 0 Å². The highest BCUT2D eigenvalue weighted by Crippen LogP contribution is 2.42. The van der Waals surface area contributed by atoms with Crippen molar-refractivity contribution in [2.24, 2.45) is 0 Å². The fourth-order valence-corrected chi connectivity index (χ4v) is 5.55. The lowest BCUT2D eigenvalue weighted by Gasteiger charge is -2.28. The van der Waals surface area contributed by atoms with E-state index >= 15 is 0 Å². The van der Waals surface area contributed by atoms with Crippen LogP contribution in [0.25, 0.3) is 16.9 Å². The normalized spacial score (nSPS) is 16.8.